The molecule has 154 valence electrons. The van der Waals surface area contributed by atoms with Gasteiger partial charge < -0.3 is 14.6 Å². The number of benzene rings is 2. The molecule has 0 unspecified atom stereocenters. The topological polar surface area (TPSA) is 56.2 Å². The second-order valence-electron chi connectivity index (χ2n) is 7.29. The summed E-state index contributed by atoms with van der Waals surface area (Å²) in [4.78, 5) is 17.3. The van der Waals surface area contributed by atoms with Gasteiger partial charge in [0.2, 0.25) is 0 Å². The fourth-order valence-corrected chi connectivity index (χ4v) is 3.65. The van der Waals surface area contributed by atoms with Gasteiger partial charge in [0.1, 0.15) is 11.6 Å². The van der Waals surface area contributed by atoms with Crippen LogP contribution in [0.5, 0.6) is 5.75 Å². The van der Waals surface area contributed by atoms with Crippen LogP contribution in [0.4, 0.5) is 0 Å². The molecule has 0 atom stereocenters. The smallest absolute Gasteiger partial charge is 0.255 e. The molecule has 0 bridgehead atoms. The normalized spacial score (nSPS) is 11.0. The highest BCUT2D eigenvalue weighted by molar-refractivity contribution is 5.96. The molecular formula is C24H31N3O2. The van der Waals surface area contributed by atoms with Gasteiger partial charge in [-0.3, -0.25) is 4.79 Å². The van der Waals surface area contributed by atoms with Gasteiger partial charge in [0.25, 0.3) is 5.91 Å². The summed E-state index contributed by atoms with van der Waals surface area (Å²) >= 11 is 0. The van der Waals surface area contributed by atoms with Crippen molar-refractivity contribution in [2.45, 2.75) is 52.0 Å². The van der Waals surface area contributed by atoms with Gasteiger partial charge in [0, 0.05) is 19.5 Å². The monoisotopic (exact) mass is 393 g/mol. The fourth-order valence-electron chi connectivity index (χ4n) is 3.65. The highest BCUT2D eigenvalue weighted by Crippen LogP contribution is 2.19. The Labute approximate surface area is 173 Å². The van der Waals surface area contributed by atoms with Gasteiger partial charge in [0.15, 0.2) is 0 Å². The van der Waals surface area contributed by atoms with E-state index in [2.05, 4.69) is 35.0 Å². The number of methoxy groups -OCH3 is 1. The molecule has 29 heavy (non-hydrogen) atoms. The van der Waals surface area contributed by atoms with Crippen LogP contribution in [0.2, 0.25) is 0 Å². The summed E-state index contributed by atoms with van der Waals surface area (Å²) in [7, 11) is 1.58. The summed E-state index contributed by atoms with van der Waals surface area (Å²) in [6, 6.07) is 15.5. The second kappa shape index (κ2) is 10.6. The molecule has 0 aliphatic rings. The molecule has 5 nitrogen and oxygen atoms in total. The number of fused-ring (bicyclic) bond motifs is 1. The summed E-state index contributed by atoms with van der Waals surface area (Å²) in [5.74, 6) is 1.50. The number of aryl methyl sites for hydroxylation is 1. The van der Waals surface area contributed by atoms with Crippen molar-refractivity contribution in [3.05, 3.63) is 59.9 Å². The van der Waals surface area contributed by atoms with Crippen LogP contribution in [0.25, 0.3) is 11.0 Å². The number of rotatable bonds is 11. The molecule has 0 spiro atoms. The zero-order chi connectivity index (χ0) is 20.5. The molecule has 5 heteroatoms. The van der Waals surface area contributed by atoms with E-state index in [4.69, 9.17) is 9.72 Å². The molecule has 1 amide bonds. The van der Waals surface area contributed by atoms with Crippen molar-refractivity contribution in [3.8, 4) is 5.75 Å². The number of nitrogens with one attached hydrogen (secondary N) is 1. The van der Waals surface area contributed by atoms with Crippen LogP contribution in [0.1, 0.15) is 55.2 Å². The minimum absolute atomic E-state index is 0.121. The lowest BCUT2D eigenvalue weighted by molar-refractivity contribution is 0.0951. The van der Waals surface area contributed by atoms with Gasteiger partial charge in [0.05, 0.1) is 23.7 Å². The SMILES string of the molecule is CCCCCCCn1c(CCNC(=O)c2ccccc2OC)nc2ccccc21. The highest BCUT2D eigenvalue weighted by Gasteiger charge is 2.13. The molecule has 1 aromatic heterocycles. The van der Waals surface area contributed by atoms with Crippen LogP contribution in [0.3, 0.4) is 0 Å². The molecule has 1 N–H and O–H groups in total. The van der Waals surface area contributed by atoms with E-state index in [0.717, 1.165) is 24.3 Å². The number of hydrogen-bond acceptors (Lipinski definition) is 3. The number of para-hydroxylation sites is 3. The molecule has 3 rings (SSSR count). The van der Waals surface area contributed by atoms with E-state index in [9.17, 15) is 4.79 Å². The van der Waals surface area contributed by atoms with Gasteiger partial charge in [-0.05, 0) is 30.7 Å². The first-order valence-corrected chi connectivity index (χ1v) is 10.6. The number of unbranched alkanes of at least 4 members (excludes halogenated alkanes) is 4. The number of nitrogens with zero attached hydrogens (tertiary/aromatic N) is 2. The second-order valence-corrected chi connectivity index (χ2v) is 7.29. The number of carbonyl (C=O) groups is 1. The van der Waals surface area contributed by atoms with Crippen molar-refractivity contribution >= 4 is 16.9 Å². The third-order valence-corrected chi connectivity index (χ3v) is 5.20. The first-order chi connectivity index (χ1) is 14.2. The summed E-state index contributed by atoms with van der Waals surface area (Å²) in [6.07, 6.45) is 6.93. The number of hydrogen-bond donors (Lipinski definition) is 1. The standard InChI is InChI=1S/C24H31N3O2/c1-3-4-5-6-11-18-27-21-14-9-8-13-20(21)26-23(27)16-17-25-24(28)19-12-7-10-15-22(19)29-2/h7-10,12-15H,3-6,11,16-18H2,1-2H3,(H,25,28). The first-order valence-electron chi connectivity index (χ1n) is 10.6. The molecule has 0 fully saturated rings. The van der Waals surface area contributed by atoms with Crippen LogP contribution in [0, 0.1) is 0 Å². The Morgan fingerprint density at radius 3 is 2.62 bits per heavy atom. The molecular weight excluding hydrogens is 362 g/mol. The van der Waals surface area contributed by atoms with E-state index in [0.29, 0.717) is 24.3 Å². The van der Waals surface area contributed by atoms with E-state index in [-0.39, 0.29) is 5.91 Å². The van der Waals surface area contributed by atoms with Crippen LogP contribution in [0.15, 0.2) is 48.5 Å². The molecule has 1 heterocycles. The maximum atomic E-state index is 12.5. The fraction of sp³-hybridized carbons (Fsp3) is 0.417. The van der Waals surface area contributed by atoms with Gasteiger partial charge in [-0.1, -0.05) is 56.9 Å². The van der Waals surface area contributed by atoms with Crippen molar-refractivity contribution in [1.29, 1.82) is 0 Å². The van der Waals surface area contributed by atoms with E-state index in [1.54, 1.807) is 19.2 Å². The Morgan fingerprint density at radius 2 is 1.79 bits per heavy atom. The van der Waals surface area contributed by atoms with Gasteiger partial charge in [-0.2, -0.15) is 0 Å². The predicted molar refractivity (Wildman–Crippen MR) is 118 cm³/mol. The molecule has 0 aliphatic carbocycles. The van der Waals surface area contributed by atoms with E-state index in [1.807, 2.05) is 18.2 Å². The number of carbonyl (C=O) groups excluding carboxylic acids is 1. The zero-order valence-electron chi connectivity index (χ0n) is 17.5. The number of aromatic nitrogens is 2. The lowest BCUT2D eigenvalue weighted by Crippen LogP contribution is -2.27. The molecule has 0 saturated carbocycles. The lowest BCUT2D eigenvalue weighted by atomic mass is 10.1. The zero-order valence-corrected chi connectivity index (χ0v) is 17.5. The Morgan fingerprint density at radius 1 is 1.03 bits per heavy atom. The van der Waals surface area contributed by atoms with Crippen molar-refractivity contribution in [2.75, 3.05) is 13.7 Å². The van der Waals surface area contributed by atoms with Crippen LogP contribution in [-0.2, 0) is 13.0 Å². The van der Waals surface area contributed by atoms with Gasteiger partial charge >= 0.3 is 0 Å². The quantitative estimate of drug-likeness (QED) is 0.467. The average molecular weight is 394 g/mol. The van der Waals surface area contributed by atoms with Crippen molar-refractivity contribution in [1.82, 2.24) is 14.9 Å². The lowest BCUT2D eigenvalue weighted by Gasteiger charge is -2.11. The molecule has 0 radical (unpaired) electrons. The third kappa shape index (κ3) is 5.37. The maximum absolute atomic E-state index is 12.5. The number of ether oxygens (including phenoxy) is 1. The third-order valence-electron chi connectivity index (χ3n) is 5.20. The minimum Gasteiger partial charge on any atom is -0.496 e. The molecule has 0 aliphatic heterocycles. The van der Waals surface area contributed by atoms with Crippen molar-refractivity contribution in [2.24, 2.45) is 0 Å². The summed E-state index contributed by atoms with van der Waals surface area (Å²) < 4.78 is 7.60. The highest BCUT2D eigenvalue weighted by atomic mass is 16.5. The largest absolute Gasteiger partial charge is 0.496 e. The first kappa shape index (κ1) is 20.9. The molecule has 2 aromatic carbocycles. The Balaban J connectivity index is 1.64. The predicted octanol–water partition coefficient (Wildman–Crippen LogP) is 4.99. The van der Waals surface area contributed by atoms with Crippen LogP contribution in [-0.4, -0.2) is 29.1 Å². The summed E-state index contributed by atoms with van der Waals surface area (Å²) in [5.41, 5.74) is 2.75. The number of imidazole rings is 1. The van der Waals surface area contributed by atoms with Crippen LogP contribution >= 0.6 is 0 Å². The average Bonchev–Trinajstić information content (AvgIpc) is 3.11. The van der Waals surface area contributed by atoms with Crippen molar-refractivity contribution in [3.63, 3.8) is 0 Å². The summed E-state index contributed by atoms with van der Waals surface area (Å²) in [5, 5.41) is 3.01. The Bertz CT molecular complexity index is 933. The maximum Gasteiger partial charge on any atom is 0.255 e. The van der Waals surface area contributed by atoms with Gasteiger partial charge in [-0.25, -0.2) is 4.98 Å². The Hall–Kier alpha value is -2.82. The van der Waals surface area contributed by atoms with Crippen LogP contribution < -0.4 is 10.1 Å². The van der Waals surface area contributed by atoms with E-state index in [1.165, 1.54) is 31.2 Å². The Kier molecular flexibility index (Phi) is 7.68. The molecule has 3 aromatic rings. The minimum atomic E-state index is -0.121. The summed E-state index contributed by atoms with van der Waals surface area (Å²) in [6.45, 7) is 3.75. The van der Waals surface area contributed by atoms with E-state index >= 15 is 0 Å². The van der Waals surface area contributed by atoms with Gasteiger partial charge in [-0.15, -0.1) is 0 Å². The number of amides is 1. The van der Waals surface area contributed by atoms with E-state index < -0.39 is 0 Å². The van der Waals surface area contributed by atoms with Crippen molar-refractivity contribution < 1.29 is 9.53 Å². The molecule has 0 saturated heterocycles.